The number of nitrogens with zero attached hydrogens (tertiary/aromatic N) is 1. The van der Waals surface area contributed by atoms with E-state index in [0.717, 1.165) is 0 Å². The van der Waals surface area contributed by atoms with Gasteiger partial charge >= 0.3 is 5.97 Å². The van der Waals surface area contributed by atoms with Crippen LogP contribution in [-0.2, 0) is 11.8 Å². The predicted octanol–water partition coefficient (Wildman–Crippen LogP) is -0.196. The van der Waals surface area contributed by atoms with E-state index in [4.69, 9.17) is 5.73 Å². The lowest BCUT2D eigenvalue weighted by Crippen LogP contribution is -2.16. The molecule has 0 spiro atoms. The molecule has 78 valence electrons. The highest BCUT2D eigenvalue weighted by atomic mass is 16.5. The first-order valence-corrected chi connectivity index (χ1v) is 4.23. The summed E-state index contributed by atoms with van der Waals surface area (Å²) in [5, 5.41) is 9.48. The van der Waals surface area contributed by atoms with Gasteiger partial charge in [0.1, 0.15) is 11.8 Å². The molecule has 0 radical (unpaired) electrons. The number of nitrogens with two attached hydrogens (primary N) is 1. The molecule has 0 saturated heterocycles. The zero-order valence-corrected chi connectivity index (χ0v) is 8.23. The second kappa shape index (κ2) is 4.26. The Labute approximate surface area is 82.1 Å². The Morgan fingerprint density at radius 1 is 1.71 bits per heavy atom. The zero-order valence-electron chi connectivity index (χ0n) is 8.23. The molecule has 14 heavy (non-hydrogen) atoms. The molecular weight excluding hydrogens is 184 g/mol. The number of esters is 1. The highest BCUT2D eigenvalue weighted by Gasteiger charge is 2.16. The normalized spacial score (nSPS) is 12.6. The van der Waals surface area contributed by atoms with E-state index < -0.39 is 12.1 Å². The molecule has 1 rings (SSSR count). The first-order valence-electron chi connectivity index (χ1n) is 4.23. The highest BCUT2D eigenvalue weighted by Crippen LogP contribution is 2.15. The molecule has 5 heteroatoms. The van der Waals surface area contributed by atoms with Crippen LogP contribution in [0.1, 0.15) is 22.3 Å². The van der Waals surface area contributed by atoms with Crippen LogP contribution in [0.4, 0.5) is 0 Å². The Hall–Kier alpha value is -1.33. The molecule has 1 unspecified atom stereocenters. The van der Waals surface area contributed by atoms with E-state index in [1.807, 2.05) is 0 Å². The summed E-state index contributed by atoms with van der Waals surface area (Å²) in [6.45, 7) is 0.123. The van der Waals surface area contributed by atoms with Crippen molar-refractivity contribution in [3.63, 3.8) is 0 Å². The molecule has 0 amide bonds. The fourth-order valence-corrected chi connectivity index (χ4v) is 1.29. The minimum atomic E-state index is -0.751. The van der Waals surface area contributed by atoms with E-state index in [1.54, 1.807) is 23.7 Å². The third kappa shape index (κ3) is 1.78. The van der Waals surface area contributed by atoms with Crippen LogP contribution in [-0.4, -0.2) is 29.3 Å². The van der Waals surface area contributed by atoms with Crippen molar-refractivity contribution in [3.05, 3.63) is 23.5 Å². The number of methoxy groups -OCH3 is 1. The third-order valence-corrected chi connectivity index (χ3v) is 2.12. The standard InChI is InChI=1S/C9H14N2O3/c1-11-6(8(12)5-10)3-4-7(11)9(13)14-2/h3-4,8,12H,5,10H2,1-2H3. The fourth-order valence-electron chi connectivity index (χ4n) is 1.29. The van der Waals surface area contributed by atoms with E-state index in [0.29, 0.717) is 11.4 Å². The number of rotatable bonds is 3. The number of hydrogen-bond acceptors (Lipinski definition) is 4. The Morgan fingerprint density at radius 2 is 2.36 bits per heavy atom. The highest BCUT2D eigenvalue weighted by molar-refractivity contribution is 5.87. The van der Waals surface area contributed by atoms with Crippen molar-refractivity contribution in [2.24, 2.45) is 12.8 Å². The van der Waals surface area contributed by atoms with Gasteiger partial charge in [-0.1, -0.05) is 0 Å². The maximum absolute atomic E-state index is 11.2. The van der Waals surface area contributed by atoms with Crippen molar-refractivity contribution in [2.75, 3.05) is 13.7 Å². The second-order valence-electron chi connectivity index (χ2n) is 2.95. The van der Waals surface area contributed by atoms with Gasteiger partial charge in [-0.05, 0) is 12.1 Å². The number of aliphatic hydroxyl groups is 1. The summed E-state index contributed by atoms with van der Waals surface area (Å²) in [5.74, 6) is -0.428. The molecule has 0 aliphatic heterocycles. The molecule has 1 aromatic heterocycles. The topological polar surface area (TPSA) is 77.5 Å². The minimum absolute atomic E-state index is 0.123. The lowest BCUT2D eigenvalue weighted by atomic mass is 10.2. The maximum Gasteiger partial charge on any atom is 0.354 e. The first-order chi connectivity index (χ1) is 6.61. The van der Waals surface area contributed by atoms with Crippen LogP contribution in [0.25, 0.3) is 0 Å². The Morgan fingerprint density at radius 3 is 2.86 bits per heavy atom. The predicted molar refractivity (Wildman–Crippen MR) is 50.8 cm³/mol. The maximum atomic E-state index is 11.2. The van der Waals surface area contributed by atoms with E-state index in [2.05, 4.69) is 4.74 Å². The van der Waals surface area contributed by atoms with Crippen molar-refractivity contribution in [1.29, 1.82) is 0 Å². The van der Waals surface area contributed by atoms with Crippen LogP contribution >= 0.6 is 0 Å². The Kier molecular flexibility index (Phi) is 3.27. The lowest BCUT2D eigenvalue weighted by Gasteiger charge is -2.10. The minimum Gasteiger partial charge on any atom is -0.464 e. The van der Waals surface area contributed by atoms with Gasteiger partial charge in [-0.3, -0.25) is 0 Å². The van der Waals surface area contributed by atoms with E-state index >= 15 is 0 Å². The van der Waals surface area contributed by atoms with Crippen molar-refractivity contribution in [2.45, 2.75) is 6.10 Å². The number of carbonyl (C=O) groups excluding carboxylic acids is 1. The van der Waals surface area contributed by atoms with Gasteiger partial charge in [-0.15, -0.1) is 0 Å². The molecule has 0 saturated carbocycles. The summed E-state index contributed by atoms with van der Waals surface area (Å²) in [6.07, 6.45) is -0.751. The van der Waals surface area contributed by atoms with E-state index in [9.17, 15) is 9.90 Å². The molecule has 0 fully saturated rings. The molecule has 0 aliphatic rings. The number of carbonyl (C=O) groups is 1. The number of aromatic nitrogens is 1. The van der Waals surface area contributed by atoms with Gasteiger partial charge in [0.15, 0.2) is 0 Å². The van der Waals surface area contributed by atoms with Gasteiger partial charge in [-0.25, -0.2) is 4.79 Å². The summed E-state index contributed by atoms with van der Waals surface area (Å²) in [4.78, 5) is 11.2. The zero-order chi connectivity index (χ0) is 10.7. The van der Waals surface area contributed by atoms with E-state index in [1.165, 1.54) is 7.11 Å². The van der Waals surface area contributed by atoms with Crippen LogP contribution in [0, 0.1) is 0 Å². The summed E-state index contributed by atoms with van der Waals surface area (Å²) >= 11 is 0. The number of ether oxygens (including phenoxy) is 1. The third-order valence-electron chi connectivity index (χ3n) is 2.12. The molecule has 5 nitrogen and oxygen atoms in total. The second-order valence-corrected chi connectivity index (χ2v) is 2.95. The van der Waals surface area contributed by atoms with Crippen LogP contribution in [0.5, 0.6) is 0 Å². The Bertz CT molecular complexity index is 333. The molecule has 0 aliphatic carbocycles. The fraction of sp³-hybridized carbons (Fsp3) is 0.444. The first kappa shape index (κ1) is 10.7. The molecular formula is C9H14N2O3. The van der Waals surface area contributed by atoms with Gasteiger partial charge in [0.2, 0.25) is 0 Å². The molecule has 0 bridgehead atoms. The van der Waals surface area contributed by atoms with Gasteiger partial charge < -0.3 is 20.1 Å². The van der Waals surface area contributed by atoms with Crippen molar-refractivity contribution in [3.8, 4) is 0 Å². The Balaban J connectivity index is 3.02. The average Bonchev–Trinajstić information content (AvgIpc) is 2.58. The monoisotopic (exact) mass is 198 g/mol. The van der Waals surface area contributed by atoms with E-state index in [-0.39, 0.29) is 6.54 Å². The van der Waals surface area contributed by atoms with Gasteiger partial charge in [0, 0.05) is 19.3 Å². The summed E-state index contributed by atoms with van der Waals surface area (Å²) < 4.78 is 6.14. The van der Waals surface area contributed by atoms with Gasteiger partial charge in [0.05, 0.1) is 7.11 Å². The molecule has 1 aromatic rings. The molecule has 1 atom stereocenters. The largest absolute Gasteiger partial charge is 0.464 e. The van der Waals surface area contributed by atoms with Crippen molar-refractivity contribution < 1.29 is 14.6 Å². The summed E-state index contributed by atoms with van der Waals surface area (Å²) in [6, 6.07) is 3.25. The summed E-state index contributed by atoms with van der Waals surface area (Å²) in [5.41, 5.74) is 6.31. The molecule has 3 N–H and O–H groups in total. The average molecular weight is 198 g/mol. The van der Waals surface area contributed by atoms with Crippen molar-refractivity contribution in [1.82, 2.24) is 4.57 Å². The van der Waals surface area contributed by atoms with Crippen LogP contribution < -0.4 is 5.73 Å². The van der Waals surface area contributed by atoms with Crippen LogP contribution in [0.3, 0.4) is 0 Å². The number of hydrogen-bond donors (Lipinski definition) is 2. The SMILES string of the molecule is COC(=O)c1ccc(C(O)CN)n1C. The van der Waals surface area contributed by atoms with Crippen LogP contribution in [0.2, 0.25) is 0 Å². The van der Waals surface area contributed by atoms with Gasteiger partial charge in [0.25, 0.3) is 0 Å². The van der Waals surface area contributed by atoms with Crippen molar-refractivity contribution >= 4 is 5.97 Å². The molecule has 1 heterocycles. The number of aliphatic hydroxyl groups excluding tert-OH is 1. The summed E-state index contributed by atoms with van der Waals surface area (Å²) in [7, 11) is 2.99. The van der Waals surface area contributed by atoms with Gasteiger partial charge in [-0.2, -0.15) is 0 Å². The van der Waals surface area contributed by atoms with Crippen LogP contribution in [0.15, 0.2) is 12.1 Å². The lowest BCUT2D eigenvalue weighted by molar-refractivity contribution is 0.0588. The quantitative estimate of drug-likeness (QED) is 0.659. The smallest absolute Gasteiger partial charge is 0.354 e. The molecule has 0 aromatic carbocycles.